The normalized spacial score (nSPS) is 21.4. The maximum absolute atomic E-state index is 12.6. The third kappa shape index (κ3) is 3.60. The molecule has 1 aromatic rings. The minimum atomic E-state index is 0. The van der Waals surface area contributed by atoms with Crippen molar-refractivity contribution in [2.45, 2.75) is 25.9 Å². The maximum atomic E-state index is 12.6. The zero-order valence-corrected chi connectivity index (χ0v) is 13.7. The summed E-state index contributed by atoms with van der Waals surface area (Å²) in [6, 6.07) is 5.75. The van der Waals surface area contributed by atoms with Gasteiger partial charge >= 0.3 is 0 Å². The first-order valence-corrected chi connectivity index (χ1v) is 6.85. The quantitative estimate of drug-likeness (QED) is 0.926. The second-order valence-electron chi connectivity index (χ2n) is 5.05. The number of methoxy groups -OCH3 is 2. The number of carbonyl (C=O) groups excluding carboxylic acids is 1. The Bertz CT molecular complexity index is 496. The van der Waals surface area contributed by atoms with E-state index in [1.807, 2.05) is 4.90 Å². The van der Waals surface area contributed by atoms with Crippen molar-refractivity contribution in [1.29, 1.82) is 0 Å². The van der Waals surface area contributed by atoms with Crippen molar-refractivity contribution in [3.63, 3.8) is 0 Å². The number of carbonyl (C=O) groups is 1. The number of ether oxygens (including phenoxy) is 2. The molecule has 1 amide bonds. The van der Waals surface area contributed by atoms with Gasteiger partial charge in [0.1, 0.15) is 0 Å². The lowest BCUT2D eigenvalue weighted by atomic mass is 10.1. The van der Waals surface area contributed by atoms with Gasteiger partial charge in [0.05, 0.1) is 14.2 Å². The molecule has 1 saturated heterocycles. The van der Waals surface area contributed by atoms with E-state index in [0.29, 0.717) is 23.1 Å². The van der Waals surface area contributed by atoms with Gasteiger partial charge in [-0.2, -0.15) is 0 Å². The maximum Gasteiger partial charge on any atom is 0.254 e. The summed E-state index contributed by atoms with van der Waals surface area (Å²) in [5.74, 6) is 1.24. The Kier molecular flexibility index (Phi) is 6.30. The summed E-state index contributed by atoms with van der Waals surface area (Å²) in [5.41, 5.74) is 0.628. The van der Waals surface area contributed by atoms with Crippen LogP contribution in [0.4, 0.5) is 0 Å². The van der Waals surface area contributed by atoms with E-state index in [0.717, 1.165) is 13.1 Å². The Morgan fingerprint density at radius 1 is 1.24 bits per heavy atom. The van der Waals surface area contributed by atoms with Crippen LogP contribution in [0.25, 0.3) is 0 Å². The van der Waals surface area contributed by atoms with Crippen LogP contribution < -0.4 is 14.8 Å². The van der Waals surface area contributed by atoms with Gasteiger partial charge in [-0.15, -0.1) is 12.4 Å². The number of piperazine rings is 1. The third-order valence-corrected chi connectivity index (χ3v) is 3.93. The lowest BCUT2D eigenvalue weighted by Gasteiger charge is -2.38. The van der Waals surface area contributed by atoms with Crippen molar-refractivity contribution >= 4 is 18.3 Å². The van der Waals surface area contributed by atoms with Gasteiger partial charge in [0.2, 0.25) is 0 Å². The van der Waals surface area contributed by atoms with Gasteiger partial charge in [0.15, 0.2) is 11.5 Å². The number of nitrogens with one attached hydrogen (secondary N) is 1. The number of hydrogen-bond acceptors (Lipinski definition) is 4. The van der Waals surface area contributed by atoms with Gasteiger partial charge in [-0.3, -0.25) is 4.79 Å². The molecule has 5 nitrogen and oxygen atoms in total. The predicted octanol–water partition coefficient (Wildman–Crippen LogP) is 1.95. The second kappa shape index (κ2) is 7.52. The SMILES string of the molecule is COc1ccc(C(=O)N2CCNC(C)C2C)cc1OC.Cl. The molecule has 2 atom stereocenters. The first-order chi connectivity index (χ1) is 9.58. The van der Waals surface area contributed by atoms with Crippen LogP contribution >= 0.6 is 12.4 Å². The molecule has 2 unspecified atom stereocenters. The Morgan fingerprint density at radius 3 is 2.52 bits per heavy atom. The number of hydrogen-bond donors (Lipinski definition) is 1. The fourth-order valence-corrected chi connectivity index (χ4v) is 2.48. The zero-order chi connectivity index (χ0) is 14.7. The summed E-state index contributed by atoms with van der Waals surface area (Å²) in [6.45, 7) is 5.71. The highest BCUT2D eigenvalue weighted by atomic mass is 35.5. The van der Waals surface area contributed by atoms with E-state index >= 15 is 0 Å². The number of rotatable bonds is 3. The molecule has 21 heavy (non-hydrogen) atoms. The standard InChI is InChI=1S/C15H22N2O3.ClH/c1-10-11(2)17(8-7-16-10)15(18)12-5-6-13(19-3)14(9-12)20-4;/h5-6,9-11,16H,7-8H2,1-4H3;1H. The number of nitrogens with zero attached hydrogens (tertiary/aromatic N) is 1. The average Bonchev–Trinajstić information content (AvgIpc) is 2.48. The van der Waals surface area contributed by atoms with Crippen molar-refractivity contribution in [2.75, 3.05) is 27.3 Å². The number of halogens is 1. The molecule has 1 aliphatic heterocycles. The van der Waals surface area contributed by atoms with Crippen molar-refractivity contribution in [3.05, 3.63) is 23.8 Å². The molecule has 1 aliphatic rings. The van der Waals surface area contributed by atoms with Crippen LogP contribution in [0.2, 0.25) is 0 Å². The molecule has 0 spiro atoms. The molecule has 1 heterocycles. The van der Waals surface area contributed by atoms with Crippen LogP contribution in [0.3, 0.4) is 0 Å². The largest absolute Gasteiger partial charge is 0.493 e. The summed E-state index contributed by atoms with van der Waals surface area (Å²) in [6.07, 6.45) is 0. The number of benzene rings is 1. The first-order valence-electron chi connectivity index (χ1n) is 6.85. The van der Waals surface area contributed by atoms with Crippen LogP contribution in [-0.2, 0) is 0 Å². The van der Waals surface area contributed by atoms with Gasteiger partial charge in [-0.25, -0.2) is 0 Å². The molecular formula is C15H23ClN2O3. The minimum absolute atomic E-state index is 0. The van der Waals surface area contributed by atoms with Gasteiger partial charge in [-0.1, -0.05) is 0 Å². The summed E-state index contributed by atoms with van der Waals surface area (Å²) < 4.78 is 10.4. The third-order valence-electron chi connectivity index (χ3n) is 3.93. The molecular weight excluding hydrogens is 292 g/mol. The molecule has 0 saturated carbocycles. The fourth-order valence-electron chi connectivity index (χ4n) is 2.48. The minimum Gasteiger partial charge on any atom is -0.493 e. The van der Waals surface area contributed by atoms with E-state index < -0.39 is 0 Å². The summed E-state index contributed by atoms with van der Waals surface area (Å²) >= 11 is 0. The van der Waals surface area contributed by atoms with E-state index in [2.05, 4.69) is 19.2 Å². The predicted molar refractivity (Wildman–Crippen MR) is 84.8 cm³/mol. The van der Waals surface area contributed by atoms with Crippen LogP contribution in [0.5, 0.6) is 11.5 Å². The number of amides is 1. The van der Waals surface area contributed by atoms with Crippen LogP contribution in [0.15, 0.2) is 18.2 Å². The van der Waals surface area contributed by atoms with E-state index in [-0.39, 0.29) is 24.4 Å². The Balaban J connectivity index is 0.00000220. The van der Waals surface area contributed by atoms with Gasteiger partial charge in [0, 0.05) is 30.7 Å². The summed E-state index contributed by atoms with van der Waals surface area (Å²) in [4.78, 5) is 14.5. The highest BCUT2D eigenvalue weighted by Gasteiger charge is 2.29. The average molecular weight is 315 g/mol. The fraction of sp³-hybridized carbons (Fsp3) is 0.533. The topological polar surface area (TPSA) is 50.8 Å². The van der Waals surface area contributed by atoms with Gasteiger partial charge in [-0.05, 0) is 32.0 Å². The smallest absolute Gasteiger partial charge is 0.254 e. The summed E-state index contributed by atoms with van der Waals surface area (Å²) in [5, 5.41) is 3.37. The Hall–Kier alpha value is -1.46. The molecule has 0 radical (unpaired) electrons. The van der Waals surface area contributed by atoms with Crippen LogP contribution in [0.1, 0.15) is 24.2 Å². The summed E-state index contributed by atoms with van der Waals surface area (Å²) in [7, 11) is 3.15. The van der Waals surface area contributed by atoms with Crippen molar-refractivity contribution < 1.29 is 14.3 Å². The first kappa shape index (κ1) is 17.6. The Labute approximate surface area is 132 Å². The molecule has 1 fully saturated rings. The second-order valence-corrected chi connectivity index (χ2v) is 5.05. The van der Waals surface area contributed by atoms with Crippen molar-refractivity contribution in [3.8, 4) is 11.5 Å². The highest BCUT2D eigenvalue weighted by molar-refractivity contribution is 5.95. The van der Waals surface area contributed by atoms with Gasteiger partial charge < -0.3 is 19.7 Å². The van der Waals surface area contributed by atoms with Crippen molar-refractivity contribution in [1.82, 2.24) is 10.2 Å². The van der Waals surface area contributed by atoms with Crippen LogP contribution in [-0.4, -0.2) is 50.2 Å². The molecule has 118 valence electrons. The van der Waals surface area contributed by atoms with Gasteiger partial charge in [0.25, 0.3) is 5.91 Å². The molecule has 2 rings (SSSR count). The molecule has 1 N–H and O–H groups in total. The molecule has 0 bridgehead atoms. The lowest BCUT2D eigenvalue weighted by Crippen LogP contribution is -2.57. The molecule has 1 aromatic carbocycles. The van der Waals surface area contributed by atoms with Crippen LogP contribution in [0, 0.1) is 0 Å². The molecule has 0 aliphatic carbocycles. The highest BCUT2D eigenvalue weighted by Crippen LogP contribution is 2.28. The monoisotopic (exact) mass is 314 g/mol. The Morgan fingerprint density at radius 2 is 1.90 bits per heavy atom. The molecule has 0 aromatic heterocycles. The van der Waals surface area contributed by atoms with E-state index in [1.54, 1.807) is 32.4 Å². The van der Waals surface area contributed by atoms with Crippen molar-refractivity contribution in [2.24, 2.45) is 0 Å². The van der Waals surface area contributed by atoms with E-state index in [1.165, 1.54) is 0 Å². The zero-order valence-electron chi connectivity index (χ0n) is 12.9. The van der Waals surface area contributed by atoms with E-state index in [9.17, 15) is 4.79 Å². The lowest BCUT2D eigenvalue weighted by molar-refractivity contribution is 0.0602. The molecule has 6 heteroatoms. The van der Waals surface area contributed by atoms with E-state index in [4.69, 9.17) is 9.47 Å².